The van der Waals surface area contributed by atoms with Crippen LogP contribution in [0.4, 0.5) is 11.4 Å². The molecule has 0 bridgehead atoms. The third-order valence-corrected chi connectivity index (χ3v) is 4.71. The molecule has 114 valence electrons. The van der Waals surface area contributed by atoms with Gasteiger partial charge in [0, 0.05) is 11.6 Å². The summed E-state index contributed by atoms with van der Waals surface area (Å²) in [7, 11) is 0. The highest BCUT2D eigenvalue weighted by molar-refractivity contribution is 6.66. The van der Waals surface area contributed by atoms with Crippen LogP contribution in [0.2, 0.25) is 0 Å². The summed E-state index contributed by atoms with van der Waals surface area (Å²) in [5.74, 6) is 0. The lowest BCUT2D eigenvalue weighted by Gasteiger charge is -2.12. The monoisotopic (exact) mass is 313 g/mol. The molecule has 3 rings (SSSR count). The van der Waals surface area contributed by atoms with Crippen molar-refractivity contribution in [1.82, 2.24) is 0 Å². The molecule has 2 nitrogen and oxygen atoms in total. The molecule has 0 radical (unpaired) electrons. The van der Waals surface area contributed by atoms with Crippen molar-refractivity contribution in [3.63, 3.8) is 0 Å². The Morgan fingerprint density at radius 1 is 0.955 bits per heavy atom. The maximum atomic E-state index is 6.74. The first-order valence-electron chi connectivity index (χ1n) is 7.70. The van der Waals surface area contributed by atoms with Crippen LogP contribution in [0.1, 0.15) is 22.3 Å². The Morgan fingerprint density at radius 2 is 1.59 bits per heavy atom. The fraction of sp³-hybridized carbons (Fsp3) is 0.316. The second kappa shape index (κ2) is 5.77. The van der Waals surface area contributed by atoms with Gasteiger partial charge in [-0.15, -0.1) is 0 Å². The summed E-state index contributed by atoms with van der Waals surface area (Å²) in [6.07, 6.45) is 0. The topological polar surface area (TPSA) is 6.25 Å². The lowest BCUT2D eigenvalue weighted by Crippen LogP contribution is -2.25. The van der Waals surface area contributed by atoms with E-state index in [2.05, 4.69) is 73.6 Å². The number of anilines is 1. The van der Waals surface area contributed by atoms with E-state index in [1.165, 1.54) is 33.6 Å². The van der Waals surface area contributed by atoms with Crippen LogP contribution in [0.15, 0.2) is 36.4 Å². The minimum atomic E-state index is 0.796. The zero-order valence-corrected chi connectivity index (χ0v) is 14.4. The molecule has 0 aliphatic carbocycles. The predicted molar refractivity (Wildman–Crippen MR) is 94.8 cm³/mol. The number of halogens is 1. The van der Waals surface area contributed by atoms with E-state index in [0.717, 1.165) is 18.4 Å². The molecule has 0 unspecified atom stereocenters. The summed E-state index contributed by atoms with van der Waals surface area (Å²) in [6.45, 7) is 10.4. The van der Waals surface area contributed by atoms with Crippen LogP contribution in [-0.2, 0) is 0 Å². The van der Waals surface area contributed by atoms with Gasteiger partial charge < -0.3 is 0 Å². The molecule has 2 aromatic carbocycles. The molecule has 3 heteroatoms. The van der Waals surface area contributed by atoms with Crippen molar-refractivity contribution in [1.29, 1.82) is 0 Å². The molecule has 0 fully saturated rings. The van der Waals surface area contributed by atoms with Crippen LogP contribution in [-0.4, -0.2) is 23.0 Å². The van der Waals surface area contributed by atoms with Crippen molar-refractivity contribution in [2.45, 2.75) is 27.7 Å². The minimum Gasteiger partial charge on any atom is -0.213 e. The lowest BCUT2D eigenvalue weighted by atomic mass is 10.0. The Bertz CT molecular complexity index is 739. The molecule has 0 saturated carbocycles. The van der Waals surface area contributed by atoms with Gasteiger partial charge in [-0.2, -0.15) is 0 Å². The fourth-order valence-electron chi connectivity index (χ4n) is 3.42. The highest BCUT2D eigenvalue weighted by Crippen LogP contribution is 2.30. The molecule has 0 aromatic heterocycles. The Labute approximate surface area is 137 Å². The number of rotatable bonds is 2. The number of aryl methyl sites for hydroxylation is 4. The van der Waals surface area contributed by atoms with Crippen LogP contribution < -0.4 is 4.90 Å². The molecule has 0 spiro atoms. The van der Waals surface area contributed by atoms with Crippen LogP contribution in [0, 0.1) is 27.7 Å². The SMILES string of the molecule is Cc1cc(C)c([N+]2=C(Cl)N(c3ccccc3C)CC2)c(C)c1. The van der Waals surface area contributed by atoms with Gasteiger partial charge in [0.15, 0.2) is 0 Å². The van der Waals surface area contributed by atoms with Crippen LogP contribution in [0.5, 0.6) is 0 Å². The van der Waals surface area contributed by atoms with Crippen molar-refractivity contribution in [3.8, 4) is 0 Å². The van der Waals surface area contributed by atoms with Crippen molar-refractivity contribution in [2.75, 3.05) is 18.0 Å². The van der Waals surface area contributed by atoms with Gasteiger partial charge in [-0.1, -0.05) is 35.9 Å². The molecule has 0 amide bonds. The normalized spacial score (nSPS) is 14.9. The first-order chi connectivity index (χ1) is 10.5. The summed E-state index contributed by atoms with van der Waals surface area (Å²) < 4.78 is 2.23. The number of para-hydroxylation sites is 1. The third-order valence-electron chi connectivity index (χ3n) is 4.30. The molecule has 1 aliphatic rings. The highest BCUT2D eigenvalue weighted by Gasteiger charge is 2.33. The minimum absolute atomic E-state index is 0.796. The van der Waals surface area contributed by atoms with E-state index >= 15 is 0 Å². The van der Waals surface area contributed by atoms with Gasteiger partial charge in [0.2, 0.25) is 0 Å². The van der Waals surface area contributed by atoms with E-state index in [4.69, 9.17) is 11.6 Å². The van der Waals surface area contributed by atoms with Crippen molar-refractivity contribution in [3.05, 3.63) is 58.7 Å². The fourth-order valence-corrected chi connectivity index (χ4v) is 3.76. The Kier molecular flexibility index (Phi) is 3.96. The van der Waals surface area contributed by atoms with Gasteiger partial charge in [0.1, 0.15) is 24.5 Å². The van der Waals surface area contributed by atoms with Gasteiger partial charge in [-0.3, -0.25) is 0 Å². The van der Waals surface area contributed by atoms with E-state index in [0.29, 0.717) is 0 Å². The maximum absolute atomic E-state index is 6.74. The van der Waals surface area contributed by atoms with Gasteiger partial charge in [0.25, 0.3) is 0 Å². The van der Waals surface area contributed by atoms with Crippen LogP contribution >= 0.6 is 11.6 Å². The molecule has 1 aliphatic heterocycles. The molecule has 22 heavy (non-hydrogen) atoms. The van der Waals surface area contributed by atoms with Crippen LogP contribution in [0.25, 0.3) is 0 Å². The molecule has 0 N–H and O–H groups in total. The standard InChI is InChI=1S/C19H22ClN2/c1-13-11-15(3)18(16(4)12-13)22-10-9-21(19(22)20)17-8-6-5-7-14(17)2/h5-8,11-12H,9-10H2,1-4H3/q+1. The van der Waals surface area contributed by atoms with E-state index in [-0.39, 0.29) is 0 Å². The van der Waals surface area contributed by atoms with E-state index in [1.807, 2.05) is 0 Å². The Morgan fingerprint density at radius 3 is 2.23 bits per heavy atom. The van der Waals surface area contributed by atoms with Gasteiger partial charge in [-0.25, -0.2) is 9.48 Å². The molecular weight excluding hydrogens is 292 g/mol. The number of hydrogen-bond donors (Lipinski definition) is 0. The summed E-state index contributed by atoms with van der Waals surface area (Å²) in [6, 6.07) is 12.8. The second-order valence-electron chi connectivity index (χ2n) is 6.11. The van der Waals surface area contributed by atoms with E-state index in [9.17, 15) is 0 Å². The van der Waals surface area contributed by atoms with Crippen molar-refractivity contribution < 1.29 is 4.58 Å². The quantitative estimate of drug-likeness (QED) is 0.576. The molecule has 0 saturated heterocycles. The largest absolute Gasteiger partial charge is 0.355 e. The van der Waals surface area contributed by atoms with Crippen LogP contribution in [0.3, 0.4) is 0 Å². The Hall–Kier alpha value is -1.80. The van der Waals surface area contributed by atoms with E-state index < -0.39 is 0 Å². The zero-order valence-electron chi connectivity index (χ0n) is 13.7. The molecule has 0 atom stereocenters. The summed E-state index contributed by atoms with van der Waals surface area (Å²) in [4.78, 5) is 2.20. The zero-order chi connectivity index (χ0) is 15.9. The van der Waals surface area contributed by atoms with Crippen molar-refractivity contribution >= 4 is 28.3 Å². The first kappa shape index (κ1) is 15.1. The first-order valence-corrected chi connectivity index (χ1v) is 8.08. The van der Waals surface area contributed by atoms with Crippen molar-refractivity contribution in [2.24, 2.45) is 0 Å². The van der Waals surface area contributed by atoms with Gasteiger partial charge >= 0.3 is 5.29 Å². The number of hydrogen-bond acceptors (Lipinski definition) is 1. The number of nitrogens with zero attached hydrogens (tertiary/aromatic N) is 2. The average Bonchev–Trinajstić information content (AvgIpc) is 2.80. The molecule has 1 heterocycles. The van der Waals surface area contributed by atoms with Gasteiger partial charge in [0.05, 0.1) is 0 Å². The molecule has 2 aromatic rings. The summed E-state index contributed by atoms with van der Waals surface area (Å²) in [5.41, 5.74) is 7.54. The number of benzene rings is 2. The summed E-state index contributed by atoms with van der Waals surface area (Å²) in [5, 5.41) is 0.796. The average molecular weight is 314 g/mol. The highest BCUT2D eigenvalue weighted by atomic mass is 35.5. The Balaban J connectivity index is 2.08. The molecular formula is C19H22ClN2+. The second-order valence-corrected chi connectivity index (χ2v) is 6.44. The van der Waals surface area contributed by atoms with Gasteiger partial charge in [-0.05, 0) is 50.5 Å². The predicted octanol–water partition coefficient (Wildman–Crippen LogP) is 4.68. The summed E-state index contributed by atoms with van der Waals surface area (Å²) >= 11 is 6.74. The number of amidine groups is 1. The maximum Gasteiger partial charge on any atom is 0.355 e. The smallest absolute Gasteiger partial charge is 0.213 e. The third kappa shape index (κ3) is 2.52. The van der Waals surface area contributed by atoms with E-state index in [1.54, 1.807) is 0 Å². The lowest BCUT2D eigenvalue weighted by molar-refractivity contribution is -0.427.